The Balaban J connectivity index is 0.00000363. The third kappa shape index (κ3) is 6.72. The number of hydrogen-bond donors (Lipinski definition) is 0. The van der Waals surface area contributed by atoms with E-state index >= 15 is 0 Å². The fourth-order valence-corrected chi connectivity index (χ4v) is 4.75. The summed E-state index contributed by atoms with van der Waals surface area (Å²) < 4.78 is 6.79. The lowest BCUT2D eigenvalue weighted by atomic mass is 10.2. The lowest BCUT2D eigenvalue weighted by Gasteiger charge is -2.24. The topological polar surface area (TPSA) is 45.7 Å². The van der Waals surface area contributed by atoms with E-state index in [0.717, 1.165) is 36.3 Å². The summed E-state index contributed by atoms with van der Waals surface area (Å²) in [5, 5.41) is 1.58. The summed E-state index contributed by atoms with van der Waals surface area (Å²) in [6.45, 7) is 9.38. The van der Waals surface area contributed by atoms with Crippen LogP contribution in [0.1, 0.15) is 26.3 Å². The highest BCUT2D eigenvalue weighted by Crippen LogP contribution is 2.31. The lowest BCUT2D eigenvalue weighted by molar-refractivity contribution is -0.120. The summed E-state index contributed by atoms with van der Waals surface area (Å²) in [6.07, 6.45) is 0.962. The van der Waals surface area contributed by atoms with E-state index in [-0.39, 0.29) is 24.9 Å². The zero-order valence-electron chi connectivity index (χ0n) is 18.4. The van der Waals surface area contributed by atoms with E-state index in [0.29, 0.717) is 27.5 Å². The lowest BCUT2D eigenvalue weighted by Crippen LogP contribution is -2.41. The number of anilines is 1. The van der Waals surface area contributed by atoms with Gasteiger partial charge in [-0.05, 0) is 55.4 Å². The normalized spacial score (nSPS) is 10.9. The van der Waals surface area contributed by atoms with Gasteiger partial charge in [-0.25, -0.2) is 4.98 Å². The predicted octanol–water partition coefficient (Wildman–Crippen LogP) is 6.34. The molecule has 1 heterocycles. The molecule has 174 valence electrons. The molecule has 1 aromatic heterocycles. The van der Waals surface area contributed by atoms with Crippen LogP contribution in [0, 0.1) is 0 Å². The molecule has 0 N–H and O–H groups in total. The molecule has 0 fully saturated rings. The van der Waals surface area contributed by atoms with Gasteiger partial charge in [0.2, 0.25) is 0 Å². The second-order valence-corrected chi connectivity index (χ2v) is 8.94. The van der Waals surface area contributed by atoms with Crippen molar-refractivity contribution in [1.29, 1.82) is 0 Å². The predicted molar refractivity (Wildman–Crippen MR) is 138 cm³/mol. The number of aryl methyl sites for hydroxylation is 1. The van der Waals surface area contributed by atoms with Crippen molar-refractivity contribution in [1.82, 2.24) is 9.88 Å². The fourth-order valence-electron chi connectivity index (χ4n) is 3.21. The molecular weight excluding hydrogens is 489 g/mol. The Kier molecular flexibility index (Phi) is 10.5. The van der Waals surface area contributed by atoms with E-state index in [4.69, 9.17) is 32.9 Å². The summed E-state index contributed by atoms with van der Waals surface area (Å²) >= 11 is 13.7. The second kappa shape index (κ2) is 12.6. The zero-order chi connectivity index (χ0) is 22.4. The van der Waals surface area contributed by atoms with Gasteiger partial charge in [0.25, 0.3) is 5.91 Å². The molecule has 0 radical (unpaired) electrons. The summed E-state index contributed by atoms with van der Waals surface area (Å²) in [4.78, 5) is 21.9. The number of fused-ring (bicyclic) bond motifs is 1. The molecule has 0 unspecified atom stereocenters. The van der Waals surface area contributed by atoms with Crippen LogP contribution in [0.5, 0.6) is 5.75 Å². The molecule has 5 nitrogen and oxygen atoms in total. The molecule has 3 aromatic rings. The molecule has 0 atom stereocenters. The molecule has 0 saturated carbocycles. The van der Waals surface area contributed by atoms with Crippen LogP contribution < -0.4 is 9.64 Å². The Hall–Kier alpha value is -1.57. The Morgan fingerprint density at radius 2 is 1.81 bits per heavy atom. The summed E-state index contributed by atoms with van der Waals surface area (Å²) in [5.41, 5.74) is 2.16. The smallest absolute Gasteiger partial charge is 0.266 e. The van der Waals surface area contributed by atoms with Gasteiger partial charge in [-0.3, -0.25) is 9.69 Å². The van der Waals surface area contributed by atoms with Crippen molar-refractivity contribution >= 4 is 68.2 Å². The Bertz CT molecular complexity index is 1040. The molecule has 0 spiro atoms. The first-order chi connectivity index (χ1) is 14.9. The molecule has 32 heavy (non-hydrogen) atoms. The van der Waals surface area contributed by atoms with Gasteiger partial charge in [0.05, 0.1) is 15.2 Å². The molecule has 0 aliphatic heterocycles. The first-order valence-corrected chi connectivity index (χ1v) is 12.0. The van der Waals surface area contributed by atoms with Gasteiger partial charge >= 0.3 is 0 Å². The van der Waals surface area contributed by atoms with Crippen molar-refractivity contribution in [3.8, 4) is 5.75 Å². The third-order valence-corrected chi connectivity index (χ3v) is 6.73. The SMILES string of the molecule is CCc1ccc2nc(N(CCN(CC)CC)C(=O)COc3ccc(Cl)cc3Cl)sc2c1.Cl. The van der Waals surface area contributed by atoms with E-state index in [1.165, 1.54) is 16.9 Å². The number of halogens is 3. The Morgan fingerprint density at radius 1 is 1.06 bits per heavy atom. The van der Waals surface area contributed by atoms with Gasteiger partial charge in [-0.2, -0.15) is 0 Å². The van der Waals surface area contributed by atoms with Crippen LogP contribution >= 0.6 is 46.9 Å². The molecular formula is C23H28Cl3N3O2S. The van der Waals surface area contributed by atoms with Crippen molar-refractivity contribution in [3.05, 3.63) is 52.0 Å². The van der Waals surface area contributed by atoms with Gasteiger partial charge in [-0.1, -0.05) is 61.4 Å². The van der Waals surface area contributed by atoms with Crippen LogP contribution in [-0.2, 0) is 11.2 Å². The van der Waals surface area contributed by atoms with Crippen LogP contribution in [0.25, 0.3) is 10.2 Å². The van der Waals surface area contributed by atoms with Gasteiger partial charge in [0.1, 0.15) is 5.75 Å². The highest BCUT2D eigenvalue weighted by molar-refractivity contribution is 7.22. The number of carbonyl (C=O) groups excluding carboxylic acids is 1. The summed E-state index contributed by atoms with van der Waals surface area (Å²) in [7, 11) is 0. The van der Waals surface area contributed by atoms with Gasteiger partial charge in [0.15, 0.2) is 11.7 Å². The highest BCUT2D eigenvalue weighted by Gasteiger charge is 2.21. The van der Waals surface area contributed by atoms with Crippen molar-refractivity contribution in [2.75, 3.05) is 37.7 Å². The fraction of sp³-hybridized carbons (Fsp3) is 0.391. The summed E-state index contributed by atoms with van der Waals surface area (Å²) in [5.74, 6) is 0.271. The molecule has 3 rings (SSSR count). The quantitative estimate of drug-likeness (QED) is 0.315. The van der Waals surface area contributed by atoms with Gasteiger partial charge in [0, 0.05) is 18.1 Å². The number of hydrogen-bond acceptors (Lipinski definition) is 5. The number of nitrogens with zero attached hydrogens (tertiary/aromatic N) is 3. The largest absolute Gasteiger partial charge is 0.482 e. The van der Waals surface area contributed by atoms with Crippen molar-refractivity contribution in [2.45, 2.75) is 27.2 Å². The van der Waals surface area contributed by atoms with Crippen molar-refractivity contribution in [3.63, 3.8) is 0 Å². The molecule has 9 heteroatoms. The van der Waals surface area contributed by atoms with E-state index in [9.17, 15) is 4.79 Å². The molecule has 0 saturated heterocycles. The van der Waals surface area contributed by atoms with Crippen LogP contribution in [-0.4, -0.2) is 48.6 Å². The van der Waals surface area contributed by atoms with Crippen molar-refractivity contribution < 1.29 is 9.53 Å². The summed E-state index contributed by atoms with van der Waals surface area (Å²) in [6, 6.07) is 11.2. The number of benzene rings is 2. The average molecular weight is 517 g/mol. The van der Waals surface area contributed by atoms with Crippen LogP contribution in [0.15, 0.2) is 36.4 Å². The van der Waals surface area contributed by atoms with Crippen LogP contribution in [0.3, 0.4) is 0 Å². The third-order valence-electron chi connectivity index (χ3n) is 5.16. The first kappa shape index (κ1) is 26.7. The monoisotopic (exact) mass is 515 g/mol. The maximum atomic E-state index is 13.2. The van der Waals surface area contributed by atoms with Crippen LogP contribution in [0.4, 0.5) is 5.13 Å². The molecule has 0 aliphatic carbocycles. The number of rotatable bonds is 10. The Morgan fingerprint density at radius 3 is 2.47 bits per heavy atom. The van der Waals surface area contributed by atoms with E-state index < -0.39 is 0 Å². The van der Waals surface area contributed by atoms with Gasteiger partial charge < -0.3 is 9.64 Å². The average Bonchev–Trinajstić information content (AvgIpc) is 3.18. The standard InChI is InChI=1S/C23H27Cl2N3O2S.ClH/c1-4-16-7-9-19-21(13-16)31-23(26-19)28(12-11-27(5-2)6-3)22(29)15-30-20-10-8-17(24)14-18(20)25;/h7-10,13-14H,4-6,11-12,15H2,1-3H3;1H. The first-order valence-electron chi connectivity index (χ1n) is 10.4. The van der Waals surface area contributed by atoms with E-state index in [1.54, 1.807) is 23.1 Å². The maximum absolute atomic E-state index is 13.2. The minimum atomic E-state index is -0.159. The minimum absolute atomic E-state index is 0. The number of carbonyl (C=O) groups is 1. The number of thiazole rings is 1. The van der Waals surface area contributed by atoms with Gasteiger partial charge in [-0.15, -0.1) is 12.4 Å². The highest BCUT2D eigenvalue weighted by atomic mass is 35.5. The molecule has 1 amide bonds. The maximum Gasteiger partial charge on any atom is 0.266 e. The molecule has 0 bridgehead atoms. The second-order valence-electron chi connectivity index (χ2n) is 7.09. The van der Waals surface area contributed by atoms with Crippen molar-refractivity contribution in [2.24, 2.45) is 0 Å². The van der Waals surface area contributed by atoms with E-state index in [2.05, 4.69) is 37.8 Å². The van der Waals surface area contributed by atoms with E-state index in [1.807, 2.05) is 6.07 Å². The number of aromatic nitrogens is 1. The van der Waals surface area contributed by atoms with Crippen LogP contribution in [0.2, 0.25) is 10.0 Å². The number of amides is 1. The minimum Gasteiger partial charge on any atom is -0.482 e. The number of likely N-dealkylation sites (N-methyl/N-ethyl adjacent to an activating group) is 1. The Labute approximate surface area is 209 Å². The molecule has 2 aromatic carbocycles. The number of ether oxygens (including phenoxy) is 1. The molecule has 0 aliphatic rings. The zero-order valence-corrected chi connectivity index (χ0v) is 21.6.